The van der Waals surface area contributed by atoms with E-state index in [1.807, 2.05) is 25.1 Å². The normalized spacial score (nSPS) is 20.8. The van der Waals surface area contributed by atoms with Crippen molar-refractivity contribution in [2.24, 2.45) is 0 Å². The van der Waals surface area contributed by atoms with Crippen LogP contribution in [0.2, 0.25) is 0 Å². The second-order valence-corrected chi connectivity index (χ2v) is 7.68. The second kappa shape index (κ2) is 6.51. The summed E-state index contributed by atoms with van der Waals surface area (Å²) in [7, 11) is 0. The molecule has 1 aliphatic carbocycles. The molecule has 0 amide bonds. The predicted molar refractivity (Wildman–Crippen MR) is 107 cm³/mol. The van der Waals surface area contributed by atoms with E-state index in [4.69, 9.17) is 4.52 Å². The smallest absolute Gasteiger partial charge is 0.233 e. The number of hydrogen-bond acceptors (Lipinski definition) is 6. The number of ketones is 1. The molecule has 6 heteroatoms. The van der Waals surface area contributed by atoms with E-state index in [-0.39, 0.29) is 29.1 Å². The van der Waals surface area contributed by atoms with E-state index in [1.54, 1.807) is 30.3 Å². The summed E-state index contributed by atoms with van der Waals surface area (Å²) in [4.78, 5) is 13.3. The summed E-state index contributed by atoms with van der Waals surface area (Å²) in [5.74, 6) is 0.671. The molecule has 0 spiro atoms. The van der Waals surface area contributed by atoms with Gasteiger partial charge in [-0.25, -0.2) is 0 Å². The average Bonchev–Trinajstić information content (AvgIpc) is 3.07. The Balaban J connectivity index is 1.62. The fourth-order valence-electron chi connectivity index (χ4n) is 4.49. The van der Waals surface area contributed by atoms with Crippen LogP contribution in [0.25, 0.3) is 0 Å². The van der Waals surface area contributed by atoms with E-state index in [2.05, 4.69) is 10.5 Å². The Morgan fingerprint density at radius 1 is 1.03 bits per heavy atom. The molecule has 2 aromatic carbocycles. The van der Waals surface area contributed by atoms with Gasteiger partial charge in [0.2, 0.25) is 5.88 Å². The number of fused-ring (bicyclic) bond motifs is 1. The lowest BCUT2D eigenvalue weighted by atomic mass is 9.72. The molecule has 0 bridgehead atoms. The second-order valence-electron chi connectivity index (χ2n) is 7.68. The summed E-state index contributed by atoms with van der Waals surface area (Å²) in [5, 5.41) is 27.0. The van der Waals surface area contributed by atoms with Crippen LogP contribution < -0.4 is 5.32 Å². The third kappa shape index (κ3) is 2.88. The van der Waals surface area contributed by atoms with E-state index < -0.39 is 0 Å². The molecule has 0 radical (unpaired) electrons. The highest BCUT2D eigenvalue weighted by Crippen LogP contribution is 2.49. The van der Waals surface area contributed by atoms with Gasteiger partial charge in [0, 0.05) is 23.6 Å². The Morgan fingerprint density at radius 3 is 2.59 bits per heavy atom. The lowest BCUT2D eigenvalue weighted by Crippen LogP contribution is -2.29. The first-order valence-corrected chi connectivity index (χ1v) is 9.58. The van der Waals surface area contributed by atoms with E-state index in [1.165, 1.54) is 0 Å². The number of carbonyl (C=O) groups is 1. The largest absolute Gasteiger partial charge is 0.508 e. The number of rotatable bonds is 2. The monoisotopic (exact) mass is 388 g/mol. The van der Waals surface area contributed by atoms with E-state index in [0.29, 0.717) is 24.3 Å². The Morgan fingerprint density at radius 2 is 1.83 bits per heavy atom. The maximum Gasteiger partial charge on any atom is 0.233 e. The van der Waals surface area contributed by atoms with Crippen LogP contribution in [-0.2, 0) is 4.79 Å². The van der Waals surface area contributed by atoms with Gasteiger partial charge in [0.1, 0.15) is 11.5 Å². The number of aromatic hydroxyl groups is 2. The zero-order valence-electron chi connectivity index (χ0n) is 15.8. The fourth-order valence-corrected chi connectivity index (χ4v) is 4.49. The molecule has 0 saturated carbocycles. The van der Waals surface area contributed by atoms with Crippen LogP contribution >= 0.6 is 0 Å². The molecule has 2 heterocycles. The van der Waals surface area contributed by atoms with E-state index in [9.17, 15) is 15.0 Å². The van der Waals surface area contributed by atoms with Gasteiger partial charge in [0.25, 0.3) is 0 Å². The third-order valence-corrected chi connectivity index (χ3v) is 5.83. The number of phenolic OH excluding ortho intramolecular Hbond substituents is 2. The van der Waals surface area contributed by atoms with Gasteiger partial charge in [-0.3, -0.25) is 4.79 Å². The van der Waals surface area contributed by atoms with Crippen molar-refractivity contribution in [1.82, 2.24) is 5.16 Å². The number of benzene rings is 2. The minimum atomic E-state index is -0.326. The van der Waals surface area contributed by atoms with Gasteiger partial charge in [-0.05, 0) is 54.7 Å². The van der Waals surface area contributed by atoms with Crippen molar-refractivity contribution in [3.63, 3.8) is 0 Å². The highest BCUT2D eigenvalue weighted by Gasteiger charge is 2.41. The number of hydrogen-bond donors (Lipinski definition) is 3. The van der Waals surface area contributed by atoms with Gasteiger partial charge in [-0.1, -0.05) is 29.4 Å². The van der Waals surface area contributed by atoms with Gasteiger partial charge in [-0.15, -0.1) is 0 Å². The zero-order valence-corrected chi connectivity index (χ0v) is 15.8. The molecule has 2 atom stereocenters. The minimum Gasteiger partial charge on any atom is -0.508 e. The van der Waals surface area contributed by atoms with E-state index in [0.717, 1.165) is 28.1 Å². The Kier molecular flexibility index (Phi) is 3.94. The lowest BCUT2D eigenvalue weighted by molar-refractivity contribution is -0.116. The molecular weight excluding hydrogens is 368 g/mol. The summed E-state index contributed by atoms with van der Waals surface area (Å²) >= 11 is 0. The van der Waals surface area contributed by atoms with Gasteiger partial charge in [-0.2, -0.15) is 0 Å². The molecule has 0 unspecified atom stereocenters. The van der Waals surface area contributed by atoms with Gasteiger partial charge in [0.15, 0.2) is 5.78 Å². The molecule has 3 aromatic rings. The molecule has 0 fully saturated rings. The highest BCUT2D eigenvalue weighted by atomic mass is 16.5. The molecule has 29 heavy (non-hydrogen) atoms. The quantitative estimate of drug-likeness (QED) is 0.604. The van der Waals surface area contributed by atoms with Crippen molar-refractivity contribution >= 4 is 11.7 Å². The lowest BCUT2D eigenvalue weighted by Gasteiger charge is -2.34. The summed E-state index contributed by atoms with van der Waals surface area (Å²) in [6.45, 7) is 1.86. The first-order valence-electron chi connectivity index (χ1n) is 9.58. The Bertz CT molecular complexity index is 1140. The van der Waals surface area contributed by atoms with Crippen molar-refractivity contribution in [3.8, 4) is 11.5 Å². The average molecular weight is 388 g/mol. The van der Waals surface area contributed by atoms with Crippen molar-refractivity contribution in [3.05, 3.63) is 82.2 Å². The van der Waals surface area contributed by atoms with Crippen molar-refractivity contribution in [2.45, 2.75) is 31.6 Å². The van der Waals surface area contributed by atoms with Gasteiger partial charge in [0.05, 0.1) is 11.3 Å². The highest BCUT2D eigenvalue weighted by molar-refractivity contribution is 6.01. The van der Waals surface area contributed by atoms with Crippen LogP contribution in [0.15, 0.2) is 64.3 Å². The van der Waals surface area contributed by atoms with Crippen LogP contribution in [0.1, 0.15) is 47.1 Å². The number of aryl methyl sites for hydroxylation is 1. The SMILES string of the molecule is Cc1noc2c1[C@H](c1cccc(O)c1)C1=C(C[C@H](c3ccc(O)cc3)CC1=O)N2. The number of anilines is 1. The molecule has 1 aromatic heterocycles. The first kappa shape index (κ1) is 17.6. The fraction of sp³-hybridized carbons (Fsp3) is 0.217. The molecule has 2 aliphatic rings. The number of carbonyl (C=O) groups excluding carboxylic acids is 1. The number of allylic oxidation sites excluding steroid dienone is 2. The van der Waals surface area contributed by atoms with Crippen LogP contribution in [0.4, 0.5) is 5.88 Å². The van der Waals surface area contributed by atoms with Crippen LogP contribution in [0.3, 0.4) is 0 Å². The number of nitrogens with one attached hydrogen (secondary N) is 1. The van der Waals surface area contributed by atoms with Crippen LogP contribution in [-0.4, -0.2) is 21.2 Å². The van der Waals surface area contributed by atoms with Gasteiger partial charge >= 0.3 is 0 Å². The molecule has 146 valence electrons. The maximum absolute atomic E-state index is 13.3. The number of phenols is 2. The van der Waals surface area contributed by atoms with E-state index >= 15 is 0 Å². The summed E-state index contributed by atoms with van der Waals surface area (Å²) in [6, 6.07) is 14.0. The molecule has 3 N–H and O–H groups in total. The van der Waals surface area contributed by atoms with Crippen molar-refractivity contribution in [2.75, 3.05) is 5.32 Å². The summed E-state index contributed by atoms with van der Waals surface area (Å²) in [5.41, 5.74) is 4.95. The van der Waals surface area contributed by atoms with Crippen LogP contribution in [0, 0.1) is 6.92 Å². The van der Waals surface area contributed by atoms with Crippen molar-refractivity contribution < 1.29 is 19.5 Å². The standard InChI is InChI=1S/C23H20N2O4/c1-12-20-21(14-3-2-4-17(27)9-14)22-18(24-23(20)29-25-12)10-15(11-19(22)28)13-5-7-16(26)8-6-13/h2-9,15,21,24,26-27H,10-11H2,1H3/t15-,21-/m0/s1. The van der Waals surface area contributed by atoms with Crippen molar-refractivity contribution in [1.29, 1.82) is 0 Å². The summed E-state index contributed by atoms with van der Waals surface area (Å²) < 4.78 is 5.51. The zero-order chi connectivity index (χ0) is 20.1. The first-order chi connectivity index (χ1) is 14.0. The summed E-state index contributed by atoms with van der Waals surface area (Å²) in [6.07, 6.45) is 1.04. The topological polar surface area (TPSA) is 95.6 Å². The molecule has 0 saturated heterocycles. The number of aromatic nitrogens is 1. The Labute approximate surface area is 167 Å². The third-order valence-electron chi connectivity index (χ3n) is 5.83. The predicted octanol–water partition coefficient (Wildman–Crippen LogP) is 4.35. The van der Waals surface area contributed by atoms with Crippen LogP contribution in [0.5, 0.6) is 11.5 Å². The Hall–Kier alpha value is -3.54. The van der Waals surface area contributed by atoms with Gasteiger partial charge < -0.3 is 20.1 Å². The maximum atomic E-state index is 13.3. The molecule has 5 rings (SSSR count). The molecule has 6 nitrogen and oxygen atoms in total. The molecular formula is C23H20N2O4. The number of Topliss-reactive ketones (excluding diaryl/α,β-unsaturated/α-hetero) is 1. The number of nitrogens with zero attached hydrogens (tertiary/aromatic N) is 1. The minimum absolute atomic E-state index is 0.0183. The molecule has 1 aliphatic heterocycles.